The van der Waals surface area contributed by atoms with Crippen molar-refractivity contribution < 1.29 is 0 Å². The van der Waals surface area contributed by atoms with E-state index in [1.54, 1.807) is 12.4 Å². The summed E-state index contributed by atoms with van der Waals surface area (Å²) in [6.07, 6.45) is 5.65. The van der Waals surface area contributed by atoms with Crippen molar-refractivity contribution in [2.45, 2.75) is 19.8 Å². The zero-order valence-electron chi connectivity index (χ0n) is 13.4. The number of rotatable bonds is 6. The first kappa shape index (κ1) is 15.1. The third-order valence-electron chi connectivity index (χ3n) is 3.63. The first-order valence-electron chi connectivity index (χ1n) is 7.79. The highest BCUT2D eigenvalue weighted by Gasteiger charge is 2.08. The molecule has 0 fully saturated rings. The third-order valence-corrected chi connectivity index (χ3v) is 3.63. The van der Waals surface area contributed by atoms with Crippen LogP contribution in [0.15, 0.2) is 42.7 Å². The molecule has 0 spiro atoms. The van der Waals surface area contributed by atoms with Gasteiger partial charge in [0, 0.05) is 25.2 Å². The predicted octanol–water partition coefficient (Wildman–Crippen LogP) is 3.40. The molecule has 0 aliphatic carbocycles. The van der Waals surface area contributed by atoms with Crippen LogP contribution in [0, 0.1) is 0 Å². The maximum Gasteiger partial charge on any atom is 0.247 e. The fourth-order valence-electron chi connectivity index (χ4n) is 2.35. The van der Waals surface area contributed by atoms with Crippen molar-refractivity contribution in [3.05, 3.63) is 42.7 Å². The quantitative estimate of drug-likeness (QED) is 0.753. The molecule has 0 atom stereocenters. The van der Waals surface area contributed by atoms with E-state index in [0.717, 1.165) is 36.0 Å². The number of benzene rings is 1. The molecular formula is C17H20N6. The summed E-state index contributed by atoms with van der Waals surface area (Å²) in [6, 6.07) is 9.98. The average Bonchev–Trinajstić information content (AvgIpc) is 2.60. The Balaban J connectivity index is 1.85. The minimum atomic E-state index is 0.622. The van der Waals surface area contributed by atoms with Gasteiger partial charge in [-0.1, -0.05) is 31.5 Å². The lowest BCUT2D eigenvalue weighted by Gasteiger charge is -2.16. The zero-order chi connectivity index (χ0) is 16.1. The number of nitrogens with zero attached hydrogens (tertiary/aromatic N) is 5. The Kier molecular flexibility index (Phi) is 4.61. The molecule has 0 amide bonds. The van der Waals surface area contributed by atoms with Gasteiger partial charge in [-0.15, -0.1) is 5.10 Å². The Labute approximate surface area is 135 Å². The number of hydrogen-bond acceptors (Lipinski definition) is 6. The van der Waals surface area contributed by atoms with Gasteiger partial charge in [0.05, 0.1) is 17.4 Å². The van der Waals surface area contributed by atoms with E-state index in [1.165, 1.54) is 0 Å². The fourth-order valence-corrected chi connectivity index (χ4v) is 2.35. The summed E-state index contributed by atoms with van der Waals surface area (Å²) < 4.78 is 0. The molecule has 6 heteroatoms. The molecule has 6 nitrogen and oxygen atoms in total. The molecule has 1 aromatic carbocycles. The van der Waals surface area contributed by atoms with E-state index in [4.69, 9.17) is 0 Å². The molecular weight excluding hydrogens is 288 g/mol. The number of hydrogen-bond donors (Lipinski definition) is 1. The Morgan fingerprint density at radius 1 is 1.17 bits per heavy atom. The van der Waals surface area contributed by atoms with E-state index >= 15 is 0 Å². The summed E-state index contributed by atoms with van der Waals surface area (Å²) in [5.41, 5.74) is 1.82. The molecule has 3 aromatic rings. The SMILES string of the molecule is CCCCN(C)c1nncc(Nc2cccc3cccnc23)n1. The first-order chi connectivity index (χ1) is 11.3. The molecule has 0 saturated carbocycles. The average molecular weight is 308 g/mol. The largest absolute Gasteiger partial charge is 0.343 e. The second-order valence-electron chi connectivity index (χ2n) is 5.42. The topological polar surface area (TPSA) is 66.8 Å². The van der Waals surface area contributed by atoms with Crippen LogP contribution in [0.5, 0.6) is 0 Å². The van der Waals surface area contributed by atoms with E-state index < -0.39 is 0 Å². The van der Waals surface area contributed by atoms with Gasteiger partial charge >= 0.3 is 0 Å². The number of fused-ring (bicyclic) bond motifs is 1. The Bertz CT molecular complexity index is 783. The molecule has 2 aromatic heterocycles. The highest BCUT2D eigenvalue weighted by Crippen LogP contribution is 2.23. The summed E-state index contributed by atoms with van der Waals surface area (Å²) in [5, 5.41) is 12.5. The van der Waals surface area contributed by atoms with Gasteiger partial charge in [-0.05, 0) is 18.6 Å². The molecule has 0 radical (unpaired) electrons. The second-order valence-corrected chi connectivity index (χ2v) is 5.42. The number of anilines is 3. The van der Waals surface area contributed by atoms with Crippen LogP contribution >= 0.6 is 0 Å². The van der Waals surface area contributed by atoms with Crippen molar-refractivity contribution in [2.75, 3.05) is 23.8 Å². The van der Waals surface area contributed by atoms with Crippen LogP contribution in [0.2, 0.25) is 0 Å². The summed E-state index contributed by atoms with van der Waals surface area (Å²) in [5.74, 6) is 1.29. The monoisotopic (exact) mass is 308 g/mol. The van der Waals surface area contributed by atoms with E-state index in [9.17, 15) is 0 Å². The standard InChI is InChI=1S/C17H20N6/c1-3-4-11-23(2)17-21-15(12-19-22-17)20-14-9-5-7-13-8-6-10-18-16(13)14/h5-10,12H,3-4,11H2,1-2H3,(H,20,21,22). The van der Waals surface area contributed by atoms with E-state index in [2.05, 4.69) is 32.4 Å². The number of pyridine rings is 1. The molecule has 0 unspecified atom stereocenters. The summed E-state index contributed by atoms with van der Waals surface area (Å²) in [7, 11) is 1.98. The minimum absolute atomic E-state index is 0.622. The highest BCUT2D eigenvalue weighted by atomic mass is 15.3. The molecule has 3 rings (SSSR count). The van der Waals surface area contributed by atoms with Crippen molar-refractivity contribution in [1.82, 2.24) is 20.2 Å². The summed E-state index contributed by atoms with van der Waals surface area (Å²) >= 11 is 0. The van der Waals surface area contributed by atoms with Gasteiger partial charge in [0.2, 0.25) is 5.95 Å². The summed E-state index contributed by atoms with van der Waals surface area (Å²) in [6.45, 7) is 3.08. The second kappa shape index (κ2) is 7.00. The number of nitrogens with one attached hydrogen (secondary N) is 1. The van der Waals surface area contributed by atoms with Gasteiger partial charge in [0.15, 0.2) is 5.82 Å². The zero-order valence-corrected chi connectivity index (χ0v) is 13.4. The normalized spacial score (nSPS) is 10.7. The van der Waals surface area contributed by atoms with Crippen molar-refractivity contribution in [3.8, 4) is 0 Å². The Morgan fingerprint density at radius 2 is 2.04 bits per heavy atom. The van der Waals surface area contributed by atoms with E-state index in [0.29, 0.717) is 11.8 Å². The van der Waals surface area contributed by atoms with Crippen LogP contribution in [0.4, 0.5) is 17.5 Å². The molecule has 0 saturated heterocycles. The maximum atomic E-state index is 4.54. The molecule has 23 heavy (non-hydrogen) atoms. The lowest BCUT2D eigenvalue weighted by molar-refractivity contribution is 0.741. The van der Waals surface area contributed by atoms with Crippen molar-refractivity contribution in [2.24, 2.45) is 0 Å². The van der Waals surface area contributed by atoms with Crippen LogP contribution in [-0.4, -0.2) is 33.8 Å². The molecule has 0 bridgehead atoms. The lowest BCUT2D eigenvalue weighted by Crippen LogP contribution is -2.21. The van der Waals surface area contributed by atoms with Crippen molar-refractivity contribution in [1.29, 1.82) is 0 Å². The highest BCUT2D eigenvalue weighted by molar-refractivity contribution is 5.91. The molecule has 0 aliphatic rings. The van der Waals surface area contributed by atoms with E-state index in [-0.39, 0.29) is 0 Å². The first-order valence-corrected chi connectivity index (χ1v) is 7.79. The lowest BCUT2D eigenvalue weighted by atomic mass is 10.2. The van der Waals surface area contributed by atoms with Gasteiger partial charge in [0.1, 0.15) is 0 Å². The molecule has 1 N–H and O–H groups in total. The van der Waals surface area contributed by atoms with Crippen LogP contribution in [0.1, 0.15) is 19.8 Å². The molecule has 118 valence electrons. The predicted molar refractivity (Wildman–Crippen MR) is 93.0 cm³/mol. The van der Waals surface area contributed by atoms with Gasteiger partial charge in [-0.3, -0.25) is 4.98 Å². The van der Waals surface area contributed by atoms with E-state index in [1.807, 2.05) is 42.3 Å². The number of unbranched alkanes of at least 4 members (excludes halogenated alkanes) is 1. The van der Waals surface area contributed by atoms with Crippen molar-refractivity contribution in [3.63, 3.8) is 0 Å². The summed E-state index contributed by atoms with van der Waals surface area (Å²) in [4.78, 5) is 11.0. The maximum absolute atomic E-state index is 4.54. The van der Waals surface area contributed by atoms with Gasteiger partial charge in [-0.2, -0.15) is 10.1 Å². The van der Waals surface area contributed by atoms with Crippen LogP contribution in [0.3, 0.4) is 0 Å². The van der Waals surface area contributed by atoms with Crippen LogP contribution in [0.25, 0.3) is 10.9 Å². The third kappa shape index (κ3) is 3.53. The molecule has 0 aliphatic heterocycles. The van der Waals surface area contributed by atoms with Crippen LogP contribution < -0.4 is 10.2 Å². The Morgan fingerprint density at radius 3 is 2.91 bits per heavy atom. The number of aromatic nitrogens is 4. The van der Waals surface area contributed by atoms with Gasteiger partial charge < -0.3 is 10.2 Å². The van der Waals surface area contributed by atoms with Crippen LogP contribution in [-0.2, 0) is 0 Å². The number of para-hydroxylation sites is 1. The minimum Gasteiger partial charge on any atom is -0.343 e. The Hall–Kier alpha value is -2.76. The smallest absolute Gasteiger partial charge is 0.247 e. The molecule has 2 heterocycles. The van der Waals surface area contributed by atoms with Gasteiger partial charge in [-0.25, -0.2) is 0 Å². The fraction of sp³-hybridized carbons (Fsp3) is 0.294. The van der Waals surface area contributed by atoms with Gasteiger partial charge in [0.25, 0.3) is 0 Å². The van der Waals surface area contributed by atoms with Crippen molar-refractivity contribution >= 4 is 28.4 Å².